The maximum Gasteiger partial charge on any atom is 0.238 e. The first-order valence-electron chi connectivity index (χ1n) is 6.31. The summed E-state index contributed by atoms with van der Waals surface area (Å²) in [4.78, 5) is 3.17. The average Bonchev–Trinajstić information content (AvgIpc) is 2.81. The van der Waals surface area contributed by atoms with Gasteiger partial charge in [-0.1, -0.05) is 12.1 Å². The van der Waals surface area contributed by atoms with E-state index in [0.717, 1.165) is 22.0 Å². The monoisotopic (exact) mass is 304 g/mol. The fourth-order valence-electron chi connectivity index (χ4n) is 2.31. The summed E-state index contributed by atoms with van der Waals surface area (Å²) >= 11 is 0. The molecule has 1 heterocycles. The van der Waals surface area contributed by atoms with Crippen LogP contribution < -0.4 is 5.14 Å². The number of benzene rings is 2. The van der Waals surface area contributed by atoms with Crippen LogP contribution in [0, 0.1) is 5.82 Å². The third-order valence-corrected chi connectivity index (χ3v) is 4.31. The topological polar surface area (TPSA) is 76.0 Å². The molecule has 0 saturated carbocycles. The van der Waals surface area contributed by atoms with Gasteiger partial charge in [0.05, 0.1) is 4.90 Å². The summed E-state index contributed by atoms with van der Waals surface area (Å²) in [6.45, 7) is 0. The van der Waals surface area contributed by atoms with E-state index >= 15 is 0 Å². The molecular formula is C15H13FN2O2S. The van der Waals surface area contributed by atoms with Gasteiger partial charge in [-0.3, -0.25) is 0 Å². The molecule has 0 aliphatic carbocycles. The Hall–Kier alpha value is -2.18. The van der Waals surface area contributed by atoms with E-state index in [2.05, 4.69) is 4.98 Å². The number of aromatic nitrogens is 1. The molecule has 21 heavy (non-hydrogen) atoms. The maximum absolute atomic E-state index is 13.3. The summed E-state index contributed by atoms with van der Waals surface area (Å²) in [7, 11) is -3.68. The number of aromatic amines is 1. The molecule has 0 fully saturated rings. The molecule has 0 saturated heterocycles. The highest BCUT2D eigenvalue weighted by Crippen LogP contribution is 2.22. The van der Waals surface area contributed by atoms with Crippen molar-refractivity contribution in [2.45, 2.75) is 11.3 Å². The maximum atomic E-state index is 13.3. The summed E-state index contributed by atoms with van der Waals surface area (Å²) in [5.41, 5.74) is 2.74. The number of primary sulfonamides is 1. The number of hydrogen-bond acceptors (Lipinski definition) is 2. The summed E-state index contributed by atoms with van der Waals surface area (Å²) in [6, 6.07) is 10.9. The first-order valence-corrected chi connectivity index (χ1v) is 7.85. The lowest BCUT2D eigenvalue weighted by molar-refractivity contribution is 0.598. The van der Waals surface area contributed by atoms with E-state index < -0.39 is 10.0 Å². The number of nitrogens with one attached hydrogen (secondary N) is 1. The minimum Gasteiger partial charge on any atom is -0.361 e. The Bertz CT molecular complexity index is 899. The molecule has 0 spiro atoms. The zero-order valence-corrected chi connectivity index (χ0v) is 11.8. The lowest BCUT2D eigenvalue weighted by Gasteiger charge is -2.03. The molecule has 3 N–H and O–H groups in total. The number of H-pyrrole nitrogens is 1. The highest BCUT2D eigenvalue weighted by molar-refractivity contribution is 7.89. The van der Waals surface area contributed by atoms with Gasteiger partial charge in [0, 0.05) is 17.1 Å². The van der Waals surface area contributed by atoms with E-state index in [-0.39, 0.29) is 10.7 Å². The molecular weight excluding hydrogens is 291 g/mol. The first kappa shape index (κ1) is 13.8. The molecule has 0 radical (unpaired) electrons. The van der Waals surface area contributed by atoms with Gasteiger partial charge in [0.25, 0.3) is 0 Å². The number of halogens is 1. The predicted octanol–water partition coefficient (Wildman–Crippen LogP) is 2.55. The van der Waals surface area contributed by atoms with Crippen molar-refractivity contribution in [1.29, 1.82) is 0 Å². The van der Waals surface area contributed by atoms with Crippen LogP contribution >= 0.6 is 0 Å². The van der Waals surface area contributed by atoms with Crippen molar-refractivity contribution in [1.82, 2.24) is 4.98 Å². The van der Waals surface area contributed by atoms with Crippen molar-refractivity contribution in [2.24, 2.45) is 5.14 Å². The predicted molar refractivity (Wildman–Crippen MR) is 78.9 cm³/mol. The van der Waals surface area contributed by atoms with Crippen LogP contribution in [0.15, 0.2) is 53.6 Å². The lowest BCUT2D eigenvalue weighted by Crippen LogP contribution is -2.11. The van der Waals surface area contributed by atoms with Crippen LogP contribution in [0.1, 0.15) is 11.1 Å². The highest BCUT2D eigenvalue weighted by atomic mass is 32.2. The number of rotatable bonds is 3. The molecule has 0 amide bonds. The van der Waals surface area contributed by atoms with E-state index in [0.29, 0.717) is 6.42 Å². The van der Waals surface area contributed by atoms with Gasteiger partial charge in [-0.25, -0.2) is 17.9 Å². The molecule has 0 atom stereocenters. The smallest absolute Gasteiger partial charge is 0.238 e. The molecule has 1 aromatic heterocycles. The largest absolute Gasteiger partial charge is 0.361 e. The van der Waals surface area contributed by atoms with Gasteiger partial charge < -0.3 is 4.98 Å². The Morgan fingerprint density at radius 3 is 2.48 bits per heavy atom. The van der Waals surface area contributed by atoms with Crippen molar-refractivity contribution in [2.75, 3.05) is 0 Å². The van der Waals surface area contributed by atoms with E-state index in [9.17, 15) is 12.8 Å². The minimum atomic E-state index is -3.68. The van der Waals surface area contributed by atoms with Gasteiger partial charge in [0.1, 0.15) is 5.82 Å². The summed E-state index contributed by atoms with van der Waals surface area (Å²) in [6.07, 6.45) is 2.41. The number of nitrogens with two attached hydrogens (primary N) is 1. The van der Waals surface area contributed by atoms with Crippen molar-refractivity contribution >= 4 is 20.9 Å². The number of fused-ring (bicyclic) bond motifs is 1. The molecule has 3 aromatic rings. The Kier molecular flexibility index (Phi) is 3.27. The summed E-state index contributed by atoms with van der Waals surface area (Å²) < 4.78 is 35.7. The summed E-state index contributed by atoms with van der Waals surface area (Å²) in [5.74, 6) is -0.284. The normalized spacial score (nSPS) is 11.9. The SMILES string of the molecule is NS(=O)(=O)c1ccc(Cc2c[nH]c3ccc(F)cc23)cc1. The molecule has 3 rings (SSSR count). The van der Waals surface area contributed by atoms with Gasteiger partial charge in [-0.05, 0) is 47.9 Å². The van der Waals surface area contributed by atoms with Crippen molar-refractivity contribution < 1.29 is 12.8 Å². The second-order valence-corrected chi connectivity index (χ2v) is 6.43. The van der Waals surface area contributed by atoms with Crippen LogP contribution in [0.4, 0.5) is 4.39 Å². The van der Waals surface area contributed by atoms with Gasteiger partial charge in [0.15, 0.2) is 0 Å². The Labute approximate surface area is 121 Å². The molecule has 4 nitrogen and oxygen atoms in total. The third-order valence-electron chi connectivity index (χ3n) is 3.38. The van der Waals surface area contributed by atoms with Crippen molar-refractivity contribution in [3.63, 3.8) is 0 Å². The Morgan fingerprint density at radius 1 is 1.10 bits per heavy atom. The third kappa shape index (κ3) is 2.81. The van der Waals surface area contributed by atoms with Gasteiger partial charge in [-0.15, -0.1) is 0 Å². The fraction of sp³-hybridized carbons (Fsp3) is 0.0667. The van der Waals surface area contributed by atoms with Crippen LogP contribution in [0.25, 0.3) is 10.9 Å². The molecule has 0 unspecified atom stereocenters. The number of sulfonamides is 1. The van der Waals surface area contributed by atoms with Crippen molar-refractivity contribution in [3.8, 4) is 0 Å². The molecule has 0 aliphatic rings. The van der Waals surface area contributed by atoms with Gasteiger partial charge in [0.2, 0.25) is 10.0 Å². The Balaban J connectivity index is 1.93. The average molecular weight is 304 g/mol. The second kappa shape index (κ2) is 4.98. The second-order valence-electron chi connectivity index (χ2n) is 4.87. The number of hydrogen-bond donors (Lipinski definition) is 2. The van der Waals surface area contributed by atoms with E-state index in [1.807, 2.05) is 6.20 Å². The van der Waals surface area contributed by atoms with E-state index in [1.54, 1.807) is 18.2 Å². The van der Waals surface area contributed by atoms with Gasteiger partial charge >= 0.3 is 0 Å². The molecule has 2 aromatic carbocycles. The van der Waals surface area contributed by atoms with Gasteiger partial charge in [-0.2, -0.15) is 0 Å². The van der Waals surface area contributed by atoms with E-state index in [4.69, 9.17) is 5.14 Å². The molecule has 0 bridgehead atoms. The van der Waals surface area contributed by atoms with Crippen LogP contribution in [-0.4, -0.2) is 13.4 Å². The quantitative estimate of drug-likeness (QED) is 0.780. The van der Waals surface area contributed by atoms with Crippen LogP contribution in [0.2, 0.25) is 0 Å². The molecule has 6 heteroatoms. The van der Waals surface area contributed by atoms with Crippen LogP contribution in [0.5, 0.6) is 0 Å². The Morgan fingerprint density at radius 2 is 1.81 bits per heavy atom. The minimum absolute atomic E-state index is 0.0798. The fourth-order valence-corrected chi connectivity index (χ4v) is 2.83. The highest BCUT2D eigenvalue weighted by Gasteiger charge is 2.09. The van der Waals surface area contributed by atoms with E-state index in [1.165, 1.54) is 24.3 Å². The zero-order chi connectivity index (χ0) is 15.0. The van der Waals surface area contributed by atoms with Crippen LogP contribution in [0.3, 0.4) is 0 Å². The molecule has 0 aliphatic heterocycles. The van der Waals surface area contributed by atoms with Crippen LogP contribution in [-0.2, 0) is 16.4 Å². The summed E-state index contributed by atoms with van der Waals surface area (Å²) in [5, 5.41) is 5.88. The standard InChI is InChI=1S/C15H13FN2O2S/c16-12-3-6-15-14(8-12)11(9-18-15)7-10-1-4-13(5-2-10)21(17,19)20/h1-6,8-9,18H,7H2,(H2,17,19,20). The van der Waals surface area contributed by atoms with Crippen molar-refractivity contribution in [3.05, 3.63) is 65.6 Å². The lowest BCUT2D eigenvalue weighted by atomic mass is 10.0. The zero-order valence-electron chi connectivity index (χ0n) is 11.0. The molecule has 108 valence electrons. The first-order chi connectivity index (χ1) is 9.93.